The lowest BCUT2D eigenvalue weighted by Gasteiger charge is -2.32. The lowest BCUT2D eigenvalue weighted by atomic mass is 10.1. The molecule has 1 aliphatic rings. The van der Waals surface area contributed by atoms with Crippen molar-refractivity contribution in [1.29, 1.82) is 0 Å². The molecule has 0 aromatic carbocycles. The number of hydrogen-bond donors (Lipinski definition) is 0. The van der Waals surface area contributed by atoms with Gasteiger partial charge < -0.3 is 14.5 Å². The van der Waals surface area contributed by atoms with Crippen LogP contribution in [0.4, 0.5) is 5.69 Å². The van der Waals surface area contributed by atoms with E-state index in [2.05, 4.69) is 15.0 Å². The zero-order valence-electron chi connectivity index (χ0n) is 15.1. The van der Waals surface area contributed by atoms with Crippen molar-refractivity contribution in [2.75, 3.05) is 38.7 Å². The number of ether oxygens (including phenoxy) is 1. The van der Waals surface area contributed by atoms with Gasteiger partial charge in [0.25, 0.3) is 5.91 Å². The average molecular weight is 341 g/mol. The van der Waals surface area contributed by atoms with Crippen LogP contribution < -0.4 is 4.90 Å². The molecule has 1 saturated heterocycles. The van der Waals surface area contributed by atoms with Gasteiger partial charge in [-0.2, -0.15) is 0 Å². The van der Waals surface area contributed by atoms with E-state index < -0.39 is 0 Å². The number of aromatic nitrogens is 3. The third-order valence-electron chi connectivity index (χ3n) is 4.16. The molecule has 0 radical (unpaired) electrons. The second kappa shape index (κ2) is 7.14. The van der Waals surface area contributed by atoms with Crippen molar-refractivity contribution in [1.82, 2.24) is 19.9 Å². The Kier molecular flexibility index (Phi) is 4.94. The second-order valence-corrected chi connectivity index (χ2v) is 6.44. The van der Waals surface area contributed by atoms with Crippen molar-refractivity contribution in [2.24, 2.45) is 0 Å². The van der Waals surface area contributed by atoms with Gasteiger partial charge >= 0.3 is 0 Å². The maximum Gasteiger partial charge on any atom is 0.274 e. The molecule has 1 aliphatic heterocycles. The maximum atomic E-state index is 12.7. The lowest BCUT2D eigenvalue weighted by molar-refractivity contribution is -0.0249. The molecule has 2 aromatic heterocycles. The predicted molar refractivity (Wildman–Crippen MR) is 94.7 cm³/mol. The molecule has 132 valence electrons. The van der Waals surface area contributed by atoms with Crippen LogP contribution in [0.5, 0.6) is 0 Å². The van der Waals surface area contributed by atoms with E-state index >= 15 is 0 Å². The van der Waals surface area contributed by atoms with Crippen molar-refractivity contribution in [3.8, 4) is 0 Å². The quantitative estimate of drug-likeness (QED) is 0.847. The molecule has 0 N–H and O–H groups in total. The molecule has 3 rings (SSSR count). The first kappa shape index (κ1) is 17.3. The molecule has 7 heteroatoms. The predicted octanol–water partition coefficient (Wildman–Crippen LogP) is 1.77. The molecule has 3 heterocycles. The van der Waals surface area contributed by atoms with Crippen LogP contribution in [-0.4, -0.2) is 59.6 Å². The number of hydrogen-bond acceptors (Lipinski definition) is 6. The van der Waals surface area contributed by atoms with Crippen LogP contribution in [0.15, 0.2) is 24.5 Å². The molecule has 0 saturated carbocycles. The van der Waals surface area contributed by atoms with Gasteiger partial charge in [0.15, 0.2) is 0 Å². The van der Waals surface area contributed by atoms with Crippen LogP contribution in [0.3, 0.4) is 0 Å². The first-order valence-electron chi connectivity index (χ1n) is 8.29. The van der Waals surface area contributed by atoms with Crippen LogP contribution in [0, 0.1) is 13.8 Å². The van der Waals surface area contributed by atoms with E-state index in [1.54, 1.807) is 11.1 Å². The third-order valence-corrected chi connectivity index (χ3v) is 4.16. The number of carbonyl (C=O) groups is 1. The van der Waals surface area contributed by atoms with Crippen molar-refractivity contribution < 1.29 is 9.53 Å². The van der Waals surface area contributed by atoms with Gasteiger partial charge in [0.1, 0.15) is 11.8 Å². The summed E-state index contributed by atoms with van der Waals surface area (Å²) < 4.78 is 5.88. The normalized spacial score (nSPS) is 17.4. The van der Waals surface area contributed by atoms with Crippen LogP contribution in [0.25, 0.3) is 0 Å². The van der Waals surface area contributed by atoms with E-state index in [1.807, 2.05) is 45.0 Å². The van der Waals surface area contributed by atoms with E-state index in [4.69, 9.17) is 4.74 Å². The Labute approximate surface area is 147 Å². The Hall–Kier alpha value is -2.54. The number of carbonyl (C=O) groups excluding carboxylic acids is 1. The summed E-state index contributed by atoms with van der Waals surface area (Å²) in [5.41, 5.74) is 3.99. The smallest absolute Gasteiger partial charge is 0.274 e. The van der Waals surface area contributed by atoms with Crippen molar-refractivity contribution in [3.63, 3.8) is 0 Å². The first-order chi connectivity index (χ1) is 11.9. The molecule has 7 nitrogen and oxygen atoms in total. The number of rotatable bonds is 3. The summed E-state index contributed by atoms with van der Waals surface area (Å²) in [5, 5.41) is 0. The highest BCUT2D eigenvalue weighted by Gasteiger charge is 2.28. The Morgan fingerprint density at radius 3 is 2.68 bits per heavy atom. The van der Waals surface area contributed by atoms with E-state index in [9.17, 15) is 4.79 Å². The molecule has 0 spiro atoms. The van der Waals surface area contributed by atoms with E-state index in [1.165, 1.54) is 6.20 Å². The van der Waals surface area contributed by atoms with Gasteiger partial charge in [0.2, 0.25) is 0 Å². The molecule has 0 aliphatic carbocycles. The second-order valence-electron chi connectivity index (χ2n) is 6.44. The van der Waals surface area contributed by atoms with Gasteiger partial charge in [-0.3, -0.25) is 14.8 Å². The summed E-state index contributed by atoms with van der Waals surface area (Å²) in [5.74, 6) is -0.124. The van der Waals surface area contributed by atoms with Gasteiger partial charge in [-0.05, 0) is 26.0 Å². The summed E-state index contributed by atoms with van der Waals surface area (Å²) in [4.78, 5) is 29.4. The van der Waals surface area contributed by atoms with Gasteiger partial charge in [-0.1, -0.05) is 0 Å². The molecule has 1 fully saturated rings. The molecular weight excluding hydrogens is 318 g/mol. The van der Waals surface area contributed by atoms with Crippen molar-refractivity contribution in [3.05, 3.63) is 47.3 Å². The highest BCUT2D eigenvalue weighted by atomic mass is 16.5. The minimum atomic E-state index is -0.241. The van der Waals surface area contributed by atoms with Crippen LogP contribution >= 0.6 is 0 Å². The minimum Gasteiger partial charge on any atom is -0.378 e. The van der Waals surface area contributed by atoms with Gasteiger partial charge in [-0.25, -0.2) is 4.98 Å². The van der Waals surface area contributed by atoms with Gasteiger partial charge in [0.05, 0.1) is 30.7 Å². The average Bonchev–Trinajstić information content (AvgIpc) is 2.61. The Balaban J connectivity index is 1.79. The lowest BCUT2D eigenvalue weighted by Crippen LogP contribution is -2.42. The van der Waals surface area contributed by atoms with E-state index in [-0.39, 0.29) is 12.0 Å². The number of nitrogens with zero attached hydrogens (tertiary/aromatic N) is 5. The third kappa shape index (κ3) is 3.93. The number of pyridine rings is 1. The van der Waals surface area contributed by atoms with Crippen LogP contribution in [0.2, 0.25) is 0 Å². The Bertz CT molecular complexity index is 761. The Morgan fingerprint density at radius 1 is 1.20 bits per heavy atom. The summed E-state index contributed by atoms with van der Waals surface area (Å²) in [6.45, 7) is 5.28. The van der Waals surface area contributed by atoms with E-state index in [0.717, 1.165) is 22.8 Å². The molecule has 1 amide bonds. The first-order valence-corrected chi connectivity index (χ1v) is 8.29. The van der Waals surface area contributed by atoms with Crippen molar-refractivity contribution >= 4 is 11.6 Å². The number of morpholine rings is 1. The fraction of sp³-hybridized carbons (Fsp3) is 0.444. The SMILES string of the molecule is Cc1cnc(C(=O)N2CCOC(c3cc(N(C)C)cc(C)n3)C2)cn1. The van der Waals surface area contributed by atoms with Crippen LogP contribution in [0.1, 0.15) is 33.7 Å². The molecule has 1 unspecified atom stereocenters. The Morgan fingerprint density at radius 2 is 2.00 bits per heavy atom. The summed E-state index contributed by atoms with van der Waals surface area (Å²) in [7, 11) is 3.98. The highest BCUT2D eigenvalue weighted by Crippen LogP contribution is 2.25. The zero-order valence-corrected chi connectivity index (χ0v) is 15.1. The number of aryl methyl sites for hydroxylation is 2. The highest BCUT2D eigenvalue weighted by molar-refractivity contribution is 5.92. The largest absolute Gasteiger partial charge is 0.378 e. The topological polar surface area (TPSA) is 71.5 Å². The fourth-order valence-corrected chi connectivity index (χ4v) is 2.78. The van der Waals surface area contributed by atoms with Gasteiger partial charge in [0, 0.05) is 38.2 Å². The molecule has 0 bridgehead atoms. The summed E-state index contributed by atoms with van der Waals surface area (Å²) in [6.07, 6.45) is 2.89. The van der Waals surface area contributed by atoms with E-state index in [0.29, 0.717) is 25.4 Å². The van der Waals surface area contributed by atoms with Crippen molar-refractivity contribution in [2.45, 2.75) is 20.0 Å². The summed E-state index contributed by atoms with van der Waals surface area (Å²) in [6, 6.07) is 4.04. The summed E-state index contributed by atoms with van der Waals surface area (Å²) >= 11 is 0. The van der Waals surface area contributed by atoms with Crippen LogP contribution in [-0.2, 0) is 4.74 Å². The maximum absolute atomic E-state index is 12.7. The molecule has 2 aromatic rings. The molecular formula is C18H23N5O2. The number of anilines is 1. The molecule has 1 atom stereocenters. The molecule has 25 heavy (non-hydrogen) atoms. The van der Waals surface area contributed by atoms with Gasteiger partial charge in [-0.15, -0.1) is 0 Å². The monoisotopic (exact) mass is 341 g/mol. The minimum absolute atomic E-state index is 0.124. The zero-order chi connectivity index (χ0) is 18.0. The fourth-order valence-electron chi connectivity index (χ4n) is 2.78. The standard InChI is InChI=1S/C18H23N5O2/c1-12-7-14(22(3)4)8-15(21-12)17-11-23(5-6-25-17)18(24)16-10-19-13(2)9-20-16/h7-10,17H,5-6,11H2,1-4H3. The number of amides is 1.